The van der Waals surface area contributed by atoms with Crippen LogP contribution in [-0.2, 0) is 9.59 Å². The van der Waals surface area contributed by atoms with E-state index in [1.807, 2.05) is 0 Å². The van der Waals surface area contributed by atoms with Gasteiger partial charge in [0.15, 0.2) is 17.3 Å². The van der Waals surface area contributed by atoms with E-state index in [4.69, 9.17) is 30.6 Å². The predicted molar refractivity (Wildman–Crippen MR) is 118 cm³/mol. The number of urea groups is 1. The van der Waals surface area contributed by atoms with E-state index in [1.165, 1.54) is 6.92 Å². The van der Waals surface area contributed by atoms with Crippen LogP contribution in [0.25, 0.3) is 0 Å². The lowest BCUT2D eigenvalue weighted by Crippen LogP contribution is -2.53. The van der Waals surface area contributed by atoms with E-state index in [0.717, 1.165) is 0 Å². The van der Waals surface area contributed by atoms with E-state index in [1.54, 1.807) is 18.2 Å². The van der Waals surface area contributed by atoms with Crippen molar-refractivity contribution < 1.29 is 38.6 Å². The summed E-state index contributed by atoms with van der Waals surface area (Å²) in [5.74, 6) is -0.754. The van der Waals surface area contributed by atoms with Gasteiger partial charge in [0.05, 0.1) is 25.2 Å². The number of nitrogens with zero attached hydrogens (tertiary/aromatic N) is 2. The Morgan fingerprint density at radius 2 is 1.89 bits per heavy atom. The summed E-state index contributed by atoms with van der Waals surface area (Å²) in [4.78, 5) is 40.8. The van der Waals surface area contributed by atoms with Crippen LogP contribution in [0, 0.1) is 0 Å². The number of nitrogens with two attached hydrogens (primary N) is 2. The number of fused-ring (bicyclic) bond motifs is 1. The molecule has 0 fully saturated rings. The molecule has 0 aliphatic carbocycles. The lowest BCUT2D eigenvalue weighted by Gasteiger charge is -2.23. The lowest BCUT2D eigenvalue weighted by molar-refractivity contribution is -0.120. The van der Waals surface area contributed by atoms with Crippen LogP contribution < -0.4 is 36.9 Å². The maximum absolute atomic E-state index is 12.8. The van der Waals surface area contributed by atoms with Gasteiger partial charge in [0.25, 0.3) is 0 Å². The van der Waals surface area contributed by atoms with Gasteiger partial charge in [-0.05, 0) is 19.1 Å². The van der Waals surface area contributed by atoms with E-state index in [9.17, 15) is 19.5 Å². The van der Waals surface area contributed by atoms with Crippen molar-refractivity contribution in [2.24, 2.45) is 11.5 Å². The van der Waals surface area contributed by atoms with Gasteiger partial charge in [-0.1, -0.05) is 5.16 Å². The molecule has 2 aromatic rings. The first-order valence-electron chi connectivity index (χ1n) is 10.6. The molecule has 1 aliphatic rings. The molecule has 9 N–H and O–H groups in total. The Balaban J connectivity index is 1.67. The number of anilines is 1. The van der Waals surface area contributed by atoms with Crippen LogP contribution >= 0.6 is 0 Å². The Hall–Kier alpha value is -3.95. The first kappa shape index (κ1) is 25.7. The number of aromatic nitrogens is 2. The number of primary amides is 1. The molecule has 1 aromatic carbocycles. The van der Waals surface area contributed by atoms with E-state index in [0.29, 0.717) is 30.4 Å². The molecule has 1 aliphatic heterocycles. The van der Waals surface area contributed by atoms with Crippen LogP contribution in [0.3, 0.4) is 0 Å². The van der Waals surface area contributed by atoms with Crippen LogP contribution in [-0.4, -0.2) is 70.2 Å². The van der Waals surface area contributed by atoms with Crippen molar-refractivity contribution in [1.29, 1.82) is 0 Å². The summed E-state index contributed by atoms with van der Waals surface area (Å²) in [7, 11) is 0. The summed E-state index contributed by atoms with van der Waals surface area (Å²) >= 11 is 0. The number of nitrogens with one attached hydrogen (secondary N) is 3. The molecule has 35 heavy (non-hydrogen) atoms. The molecular formula is C20H27N7O8. The smallest absolute Gasteiger partial charge is 0.316 e. The molecule has 1 unspecified atom stereocenters. The fourth-order valence-corrected chi connectivity index (χ4v) is 3.11. The van der Waals surface area contributed by atoms with Gasteiger partial charge in [-0.15, -0.1) is 0 Å². The largest absolute Gasteiger partial charge is 0.486 e. The van der Waals surface area contributed by atoms with Gasteiger partial charge >= 0.3 is 6.03 Å². The van der Waals surface area contributed by atoms with E-state index >= 15 is 0 Å². The van der Waals surface area contributed by atoms with Gasteiger partial charge in [-0.2, -0.15) is 4.98 Å². The minimum absolute atomic E-state index is 0.0418. The van der Waals surface area contributed by atoms with Crippen molar-refractivity contribution >= 4 is 23.5 Å². The summed E-state index contributed by atoms with van der Waals surface area (Å²) in [5.41, 5.74) is 11.2. The summed E-state index contributed by atoms with van der Waals surface area (Å²) in [6.45, 7) is 1.64. The van der Waals surface area contributed by atoms with Gasteiger partial charge in [0.1, 0.15) is 25.3 Å². The first-order valence-corrected chi connectivity index (χ1v) is 10.6. The zero-order valence-electron chi connectivity index (χ0n) is 18.8. The number of amides is 4. The minimum atomic E-state index is -1.38. The van der Waals surface area contributed by atoms with Crippen molar-refractivity contribution in [2.45, 2.75) is 37.6 Å². The van der Waals surface area contributed by atoms with Crippen LogP contribution in [0.5, 0.6) is 11.5 Å². The maximum atomic E-state index is 12.8. The second kappa shape index (κ2) is 11.5. The number of ether oxygens (including phenoxy) is 2. The van der Waals surface area contributed by atoms with Gasteiger partial charge < -0.3 is 51.6 Å². The zero-order chi connectivity index (χ0) is 25.5. The molecule has 0 saturated heterocycles. The van der Waals surface area contributed by atoms with Crippen molar-refractivity contribution in [3.05, 3.63) is 29.9 Å². The molecule has 15 heteroatoms. The lowest BCUT2D eigenvalue weighted by atomic mass is 10.1. The highest BCUT2D eigenvalue weighted by atomic mass is 16.6. The molecule has 1 aromatic heterocycles. The summed E-state index contributed by atoms with van der Waals surface area (Å²) in [6.07, 6.45) is -1.70. The number of carbonyl (C=O) groups excluding carboxylic acids is 3. The Labute approximate surface area is 199 Å². The highest BCUT2D eigenvalue weighted by molar-refractivity contribution is 5.97. The Morgan fingerprint density at radius 1 is 1.17 bits per heavy atom. The van der Waals surface area contributed by atoms with Gasteiger partial charge in [0.2, 0.25) is 17.7 Å². The molecule has 0 bridgehead atoms. The number of aliphatic hydroxyl groups is 2. The quantitative estimate of drug-likeness (QED) is 0.200. The van der Waals surface area contributed by atoms with Crippen molar-refractivity contribution in [2.75, 3.05) is 25.1 Å². The van der Waals surface area contributed by atoms with Crippen LogP contribution in [0.1, 0.15) is 37.1 Å². The summed E-state index contributed by atoms with van der Waals surface area (Å²) in [6, 6.07) is 0.368. The zero-order valence-corrected chi connectivity index (χ0v) is 18.8. The molecule has 2 heterocycles. The van der Waals surface area contributed by atoms with E-state index in [2.05, 4.69) is 26.1 Å². The molecule has 15 nitrogen and oxygen atoms in total. The Bertz CT molecular complexity index is 1060. The number of hydrogen-bond acceptors (Lipinski definition) is 11. The molecular weight excluding hydrogens is 466 g/mol. The molecule has 190 valence electrons. The molecule has 0 spiro atoms. The number of carbonyl (C=O) groups is 3. The first-order chi connectivity index (χ1) is 16.7. The molecule has 0 radical (unpaired) electrons. The average molecular weight is 493 g/mol. The SMILES string of the molecule is CC(O)[C@H](NC(=O)N[C@@H](CC(N)=O)c1nc([C@@H](N)CO)no1)C(=O)Nc1ccc2c(c1)OCCO2. The van der Waals surface area contributed by atoms with Crippen LogP contribution in [0.4, 0.5) is 10.5 Å². The normalized spacial score (nSPS) is 15.9. The monoisotopic (exact) mass is 493 g/mol. The molecule has 3 rings (SSSR count). The third-order valence-electron chi connectivity index (χ3n) is 4.86. The topological polar surface area (TPSA) is 237 Å². The van der Waals surface area contributed by atoms with Crippen molar-refractivity contribution in [1.82, 2.24) is 20.8 Å². The van der Waals surface area contributed by atoms with Gasteiger partial charge in [-0.3, -0.25) is 9.59 Å². The number of rotatable bonds is 10. The second-order valence-corrected chi connectivity index (χ2v) is 7.69. The summed E-state index contributed by atoms with van der Waals surface area (Å²) in [5, 5.41) is 30.1. The Morgan fingerprint density at radius 3 is 2.54 bits per heavy atom. The van der Waals surface area contributed by atoms with Gasteiger partial charge in [0, 0.05) is 11.8 Å². The van der Waals surface area contributed by atoms with Gasteiger partial charge in [-0.25, -0.2) is 4.79 Å². The Kier molecular flexibility index (Phi) is 8.40. The predicted octanol–water partition coefficient (Wildman–Crippen LogP) is -1.56. The number of hydrogen-bond donors (Lipinski definition) is 7. The maximum Gasteiger partial charge on any atom is 0.316 e. The fourth-order valence-electron chi connectivity index (χ4n) is 3.11. The third kappa shape index (κ3) is 6.78. The van der Waals surface area contributed by atoms with Crippen molar-refractivity contribution in [3.63, 3.8) is 0 Å². The number of aliphatic hydroxyl groups excluding tert-OH is 2. The van der Waals surface area contributed by atoms with Crippen molar-refractivity contribution in [3.8, 4) is 11.5 Å². The fraction of sp³-hybridized carbons (Fsp3) is 0.450. The summed E-state index contributed by atoms with van der Waals surface area (Å²) < 4.78 is 15.9. The standard InChI is InChI=1S/C20H27N7O8/c1-9(29)16(18(31)23-10-2-3-13-14(6-10)34-5-4-33-13)25-20(32)24-12(7-15(22)30)19-26-17(27-35-19)11(21)8-28/h2-3,6,9,11-12,16,28-29H,4-5,7-8,21H2,1H3,(H2,22,30)(H,23,31)(H2,24,25,32)/t9?,11-,12-,16-/m0/s1. The average Bonchev–Trinajstić information content (AvgIpc) is 3.31. The highest BCUT2D eigenvalue weighted by Crippen LogP contribution is 2.32. The number of benzene rings is 1. The molecule has 0 saturated carbocycles. The highest BCUT2D eigenvalue weighted by Gasteiger charge is 2.29. The third-order valence-corrected chi connectivity index (χ3v) is 4.86. The van der Waals surface area contributed by atoms with Crippen LogP contribution in [0.15, 0.2) is 22.7 Å². The molecule has 4 amide bonds. The minimum Gasteiger partial charge on any atom is -0.486 e. The van der Waals surface area contributed by atoms with E-state index < -0.39 is 55.1 Å². The molecule has 4 atom stereocenters. The second-order valence-electron chi connectivity index (χ2n) is 7.69. The van der Waals surface area contributed by atoms with Crippen LogP contribution in [0.2, 0.25) is 0 Å². The van der Waals surface area contributed by atoms with E-state index in [-0.39, 0.29) is 11.7 Å².